The van der Waals surface area contributed by atoms with Gasteiger partial charge in [-0.25, -0.2) is 0 Å². The fourth-order valence-electron chi connectivity index (χ4n) is 2.35. The quantitative estimate of drug-likeness (QED) is 0.852. The minimum atomic E-state index is -0.122. The van der Waals surface area contributed by atoms with Gasteiger partial charge in [0, 0.05) is 31.5 Å². The number of benzene rings is 1. The van der Waals surface area contributed by atoms with E-state index in [9.17, 15) is 4.79 Å². The van der Waals surface area contributed by atoms with Crippen molar-refractivity contribution in [2.75, 3.05) is 44.1 Å². The van der Waals surface area contributed by atoms with E-state index in [4.69, 9.17) is 4.74 Å². The summed E-state index contributed by atoms with van der Waals surface area (Å²) in [6, 6.07) is 7.93. The average molecular weight is 277 g/mol. The van der Waals surface area contributed by atoms with Crippen LogP contribution in [0.4, 0.5) is 11.4 Å². The molecule has 0 bridgehead atoms. The van der Waals surface area contributed by atoms with Crippen LogP contribution in [0.5, 0.6) is 0 Å². The van der Waals surface area contributed by atoms with Crippen LogP contribution in [0.3, 0.4) is 0 Å². The molecule has 1 heterocycles. The first-order valence-electron chi connectivity index (χ1n) is 7.01. The van der Waals surface area contributed by atoms with E-state index in [1.807, 2.05) is 50.2 Å². The van der Waals surface area contributed by atoms with Crippen LogP contribution < -0.4 is 15.5 Å². The van der Waals surface area contributed by atoms with E-state index in [1.165, 1.54) is 0 Å². The zero-order valence-corrected chi connectivity index (χ0v) is 12.3. The molecule has 2 atom stereocenters. The van der Waals surface area contributed by atoms with Crippen molar-refractivity contribution in [1.82, 2.24) is 5.32 Å². The Labute approximate surface area is 120 Å². The SMILES string of the molecule is CCNC1COCC1C(=O)Nc1ccc(N(C)C)cc1. The van der Waals surface area contributed by atoms with E-state index in [1.54, 1.807) is 0 Å². The van der Waals surface area contributed by atoms with E-state index in [-0.39, 0.29) is 17.9 Å². The van der Waals surface area contributed by atoms with Gasteiger partial charge < -0.3 is 20.3 Å². The maximum absolute atomic E-state index is 12.3. The summed E-state index contributed by atoms with van der Waals surface area (Å²) in [6.07, 6.45) is 0. The van der Waals surface area contributed by atoms with Crippen LogP contribution in [0.1, 0.15) is 6.92 Å². The van der Waals surface area contributed by atoms with E-state index < -0.39 is 0 Å². The molecule has 1 saturated heterocycles. The van der Waals surface area contributed by atoms with E-state index >= 15 is 0 Å². The Bertz CT molecular complexity index is 445. The monoisotopic (exact) mass is 277 g/mol. The molecule has 5 nitrogen and oxygen atoms in total. The predicted octanol–water partition coefficient (Wildman–Crippen LogP) is 1.32. The zero-order valence-electron chi connectivity index (χ0n) is 12.3. The first kappa shape index (κ1) is 14.8. The number of hydrogen-bond acceptors (Lipinski definition) is 4. The number of nitrogens with one attached hydrogen (secondary N) is 2. The van der Waals surface area contributed by atoms with Gasteiger partial charge in [-0.05, 0) is 30.8 Å². The summed E-state index contributed by atoms with van der Waals surface area (Å²) >= 11 is 0. The molecular weight excluding hydrogens is 254 g/mol. The highest BCUT2D eigenvalue weighted by Crippen LogP contribution is 2.19. The Kier molecular flexibility index (Phi) is 4.98. The Morgan fingerprint density at radius 2 is 2.00 bits per heavy atom. The maximum atomic E-state index is 12.3. The normalized spacial score (nSPS) is 21.8. The number of likely N-dealkylation sites (N-methyl/N-ethyl adjacent to an activating group) is 1. The number of nitrogens with zero attached hydrogens (tertiary/aromatic N) is 1. The smallest absolute Gasteiger partial charge is 0.231 e. The lowest BCUT2D eigenvalue weighted by Gasteiger charge is -2.18. The third-order valence-electron chi connectivity index (χ3n) is 3.53. The molecule has 0 spiro atoms. The molecule has 1 fully saturated rings. The molecular formula is C15H23N3O2. The Morgan fingerprint density at radius 3 is 2.60 bits per heavy atom. The molecule has 20 heavy (non-hydrogen) atoms. The second-order valence-corrected chi connectivity index (χ2v) is 5.24. The highest BCUT2D eigenvalue weighted by Gasteiger charge is 2.33. The predicted molar refractivity (Wildman–Crippen MR) is 81.2 cm³/mol. The largest absolute Gasteiger partial charge is 0.379 e. The van der Waals surface area contributed by atoms with Crippen molar-refractivity contribution >= 4 is 17.3 Å². The molecule has 110 valence electrons. The van der Waals surface area contributed by atoms with Gasteiger partial charge in [0.25, 0.3) is 0 Å². The van der Waals surface area contributed by atoms with Crippen LogP contribution in [-0.2, 0) is 9.53 Å². The molecule has 0 saturated carbocycles. The van der Waals surface area contributed by atoms with Gasteiger partial charge in [0.2, 0.25) is 5.91 Å². The molecule has 1 aliphatic rings. The van der Waals surface area contributed by atoms with Crippen LogP contribution in [-0.4, -0.2) is 45.8 Å². The molecule has 1 aliphatic heterocycles. The summed E-state index contributed by atoms with van der Waals surface area (Å²) in [7, 11) is 3.98. The molecule has 0 radical (unpaired) electrons. The lowest BCUT2D eigenvalue weighted by Crippen LogP contribution is -2.41. The maximum Gasteiger partial charge on any atom is 0.231 e. The minimum Gasteiger partial charge on any atom is -0.379 e. The van der Waals surface area contributed by atoms with Gasteiger partial charge >= 0.3 is 0 Å². The summed E-state index contributed by atoms with van der Waals surface area (Å²) in [5, 5.41) is 6.25. The number of anilines is 2. The molecule has 2 N–H and O–H groups in total. The Balaban J connectivity index is 1.96. The van der Waals surface area contributed by atoms with E-state index in [0.717, 1.165) is 17.9 Å². The van der Waals surface area contributed by atoms with Gasteiger partial charge in [0.05, 0.1) is 19.1 Å². The van der Waals surface area contributed by atoms with Gasteiger partial charge in [0.15, 0.2) is 0 Å². The van der Waals surface area contributed by atoms with Crippen molar-refractivity contribution in [2.24, 2.45) is 5.92 Å². The number of hydrogen-bond donors (Lipinski definition) is 2. The summed E-state index contributed by atoms with van der Waals surface area (Å²) in [6.45, 7) is 3.97. The molecule has 0 aromatic heterocycles. The van der Waals surface area contributed by atoms with Crippen molar-refractivity contribution < 1.29 is 9.53 Å². The fourth-order valence-corrected chi connectivity index (χ4v) is 2.35. The van der Waals surface area contributed by atoms with Crippen LogP contribution in [0.2, 0.25) is 0 Å². The van der Waals surface area contributed by atoms with Crippen LogP contribution in [0.25, 0.3) is 0 Å². The highest BCUT2D eigenvalue weighted by atomic mass is 16.5. The third kappa shape index (κ3) is 3.49. The van der Waals surface area contributed by atoms with Crippen molar-refractivity contribution in [3.05, 3.63) is 24.3 Å². The molecule has 1 aromatic rings. The van der Waals surface area contributed by atoms with E-state index in [2.05, 4.69) is 10.6 Å². The number of ether oxygens (including phenoxy) is 1. The molecule has 5 heteroatoms. The van der Waals surface area contributed by atoms with Crippen molar-refractivity contribution in [3.63, 3.8) is 0 Å². The lowest BCUT2D eigenvalue weighted by atomic mass is 10.0. The lowest BCUT2D eigenvalue weighted by molar-refractivity contribution is -0.120. The summed E-state index contributed by atoms with van der Waals surface area (Å²) < 4.78 is 5.40. The second kappa shape index (κ2) is 6.72. The fraction of sp³-hybridized carbons (Fsp3) is 0.533. The molecule has 1 amide bonds. The zero-order chi connectivity index (χ0) is 14.5. The van der Waals surface area contributed by atoms with Crippen LogP contribution in [0, 0.1) is 5.92 Å². The Morgan fingerprint density at radius 1 is 1.30 bits per heavy atom. The van der Waals surface area contributed by atoms with Crippen molar-refractivity contribution in [1.29, 1.82) is 0 Å². The topological polar surface area (TPSA) is 53.6 Å². The van der Waals surface area contributed by atoms with Crippen LogP contribution in [0.15, 0.2) is 24.3 Å². The summed E-state index contributed by atoms with van der Waals surface area (Å²) in [4.78, 5) is 14.3. The third-order valence-corrected chi connectivity index (χ3v) is 3.53. The second-order valence-electron chi connectivity index (χ2n) is 5.24. The first-order valence-corrected chi connectivity index (χ1v) is 7.01. The van der Waals surface area contributed by atoms with Gasteiger partial charge in [-0.15, -0.1) is 0 Å². The molecule has 0 aliphatic carbocycles. The molecule has 2 unspecified atom stereocenters. The number of carbonyl (C=O) groups excluding carboxylic acids is 1. The van der Waals surface area contributed by atoms with Crippen molar-refractivity contribution in [2.45, 2.75) is 13.0 Å². The highest BCUT2D eigenvalue weighted by molar-refractivity contribution is 5.93. The molecule has 1 aromatic carbocycles. The van der Waals surface area contributed by atoms with Gasteiger partial charge in [-0.2, -0.15) is 0 Å². The number of amides is 1. The number of rotatable bonds is 5. The number of carbonyl (C=O) groups is 1. The standard InChI is InChI=1S/C15H23N3O2/c1-4-16-14-10-20-9-13(14)15(19)17-11-5-7-12(8-6-11)18(2)3/h5-8,13-14,16H,4,9-10H2,1-3H3,(H,17,19). The average Bonchev–Trinajstić information content (AvgIpc) is 2.88. The Hall–Kier alpha value is -1.59. The van der Waals surface area contributed by atoms with Crippen LogP contribution >= 0.6 is 0 Å². The summed E-state index contributed by atoms with van der Waals surface area (Å²) in [5.41, 5.74) is 1.93. The first-order chi connectivity index (χ1) is 9.61. The van der Waals surface area contributed by atoms with Crippen molar-refractivity contribution in [3.8, 4) is 0 Å². The molecule has 2 rings (SSSR count). The summed E-state index contributed by atoms with van der Waals surface area (Å²) in [5.74, 6) is -0.102. The minimum absolute atomic E-state index is 0.0195. The van der Waals surface area contributed by atoms with Gasteiger partial charge in [0.1, 0.15) is 0 Å². The van der Waals surface area contributed by atoms with Gasteiger partial charge in [-0.1, -0.05) is 6.92 Å². The van der Waals surface area contributed by atoms with Gasteiger partial charge in [-0.3, -0.25) is 4.79 Å². The van der Waals surface area contributed by atoms with E-state index in [0.29, 0.717) is 13.2 Å².